The summed E-state index contributed by atoms with van der Waals surface area (Å²) in [6.45, 7) is 8.34. The van der Waals surface area contributed by atoms with Gasteiger partial charge in [-0.1, -0.05) is 26.3 Å². The Labute approximate surface area is 116 Å². The maximum absolute atomic E-state index is 4.72. The average molecular weight is 256 g/mol. The van der Waals surface area contributed by atoms with Crippen molar-refractivity contribution >= 4 is 6.21 Å². The number of hydrogen-bond donors (Lipinski definition) is 1. The van der Waals surface area contributed by atoms with E-state index >= 15 is 0 Å². The van der Waals surface area contributed by atoms with Crippen molar-refractivity contribution in [3.63, 3.8) is 0 Å². The molecule has 0 amide bonds. The molecule has 4 rings (SSSR count). The second-order valence-electron chi connectivity index (χ2n) is 7.42. The van der Waals surface area contributed by atoms with E-state index in [9.17, 15) is 0 Å². The van der Waals surface area contributed by atoms with Crippen molar-refractivity contribution in [1.29, 1.82) is 0 Å². The Balaban J connectivity index is 1.91. The van der Waals surface area contributed by atoms with Gasteiger partial charge < -0.3 is 5.32 Å². The molecule has 4 bridgehead atoms. The van der Waals surface area contributed by atoms with Gasteiger partial charge in [-0.2, -0.15) is 0 Å². The van der Waals surface area contributed by atoms with Gasteiger partial charge in [0.2, 0.25) is 0 Å². The molecule has 2 aliphatic heterocycles. The van der Waals surface area contributed by atoms with E-state index in [2.05, 4.69) is 38.4 Å². The van der Waals surface area contributed by atoms with Crippen molar-refractivity contribution in [2.24, 2.45) is 28.2 Å². The minimum atomic E-state index is 0.321. The summed E-state index contributed by atoms with van der Waals surface area (Å²) in [5.41, 5.74) is 5.11. The molecule has 1 N–H and O–H groups in total. The van der Waals surface area contributed by atoms with Crippen LogP contribution in [0.15, 0.2) is 27.9 Å². The minimum absolute atomic E-state index is 0.321. The monoisotopic (exact) mass is 256 g/mol. The van der Waals surface area contributed by atoms with Gasteiger partial charge in [0.15, 0.2) is 0 Å². The molecular formula is C17H24N2. The Bertz CT molecular complexity index is 513. The van der Waals surface area contributed by atoms with Gasteiger partial charge in [0, 0.05) is 36.8 Å². The molecule has 19 heavy (non-hydrogen) atoms. The average Bonchev–Trinajstić information content (AvgIpc) is 2.70. The minimum Gasteiger partial charge on any atom is -0.385 e. The molecule has 5 unspecified atom stereocenters. The molecule has 0 radical (unpaired) electrons. The fourth-order valence-electron chi connectivity index (χ4n) is 4.78. The second kappa shape index (κ2) is 3.74. The maximum atomic E-state index is 4.72. The number of aliphatic imine (C=N–C) groups is 1. The van der Waals surface area contributed by atoms with Crippen molar-refractivity contribution in [2.45, 2.75) is 46.1 Å². The molecule has 2 aliphatic carbocycles. The Morgan fingerprint density at radius 3 is 3.05 bits per heavy atom. The molecule has 2 heterocycles. The van der Waals surface area contributed by atoms with Gasteiger partial charge in [0.05, 0.1) is 0 Å². The van der Waals surface area contributed by atoms with Gasteiger partial charge in [-0.25, -0.2) is 0 Å². The largest absolute Gasteiger partial charge is 0.385 e. The van der Waals surface area contributed by atoms with Crippen LogP contribution in [0.25, 0.3) is 0 Å². The van der Waals surface area contributed by atoms with Gasteiger partial charge in [0.25, 0.3) is 0 Å². The smallest absolute Gasteiger partial charge is 0.0445 e. The van der Waals surface area contributed by atoms with Crippen LogP contribution in [0, 0.1) is 23.2 Å². The first kappa shape index (κ1) is 11.7. The lowest BCUT2D eigenvalue weighted by molar-refractivity contribution is 0.132. The summed E-state index contributed by atoms with van der Waals surface area (Å²) in [6, 6.07) is 0.635. The van der Waals surface area contributed by atoms with Crippen LogP contribution < -0.4 is 5.32 Å². The molecule has 2 fully saturated rings. The van der Waals surface area contributed by atoms with Crippen molar-refractivity contribution in [1.82, 2.24) is 5.32 Å². The Morgan fingerprint density at radius 2 is 2.21 bits per heavy atom. The molecule has 2 nitrogen and oxygen atoms in total. The van der Waals surface area contributed by atoms with E-state index in [1.165, 1.54) is 18.5 Å². The molecule has 1 saturated heterocycles. The number of nitrogens with one attached hydrogen (secondary N) is 1. The third-order valence-corrected chi connectivity index (χ3v) is 6.33. The van der Waals surface area contributed by atoms with Crippen molar-refractivity contribution < 1.29 is 0 Å². The molecule has 0 aromatic rings. The Kier molecular flexibility index (Phi) is 2.31. The zero-order valence-corrected chi connectivity index (χ0v) is 12.2. The summed E-state index contributed by atoms with van der Waals surface area (Å²) >= 11 is 0. The third-order valence-electron chi connectivity index (χ3n) is 6.33. The molecule has 0 spiro atoms. The van der Waals surface area contributed by atoms with Gasteiger partial charge in [0.1, 0.15) is 0 Å². The zero-order chi connectivity index (χ0) is 13.2. The Hall–Kier alpha value is -1.05. The molecule has 5 atom stereocenters. The predicted molar refractivity (Wildman–Crippen MR) is 79.2 cm³/mol. The summed E-state index contributed by atoms with van der Waals surface area (Å²) in [7, 11) is 0. The first-order valence-corrected chi connectivity index (χ1v) is 7.76. The van der Waals surface area contributed by atoms with Crippen LogP contribution in [0.3, 0.4) is 0 Å². The van der Waals surface area contributed by atoms with Crippen LogP contribution in [0.5, 0.6) is 0 Å². The number of allylic oxidation sites excluding steroid dienone is 4. The molecule has 0 aromatic heterocycles. The van der Waals surface area contributed by atoms with Gasteiger partial charge in [-0.15, -0.1) is 0 Å². The van der Waals surface area contributed by atoms with E-state index in [0.717, 1.165) is 24.8 Å². The first-order valence-electron chi connectivity index (χ1n) is 7.76. The van der Waals surface area contributed by atoms with E-state index in [0.29, 0.717) is 17.4 Å². The van der Waals surface area contributed by atoms with Crippen molar-refractivity contribution in [3.8, 4) is 0 Å². The number of rotatable bonds is 0. The van der Waals surface area contributed by atoms with Crippen LogP contribution in [-0.4, -0.2) is 18.8 Å². The normalized spacial score (nSPS) is 49.1. The predicted octanol–water partition coefficient (Wildman–Crippen LogP) is 3.32. The van der Waals surface area contributed by atoms with Crippen molar-refractivity contribution in [2.75, 3.05) is 6.54 Å². The molecular weight excluding hydrogens is 232 g/mol. The van der Waals surface area contributed by atoms with Gasteiger partial charge in [-0.05, 0) is 41.7 Å². The van der Waals surface area contributed by atoms with Crippen LogP contribution in [0.4, 0.5) is 0 Å². The highest BCUT2D eigenvalue weighted by molar-refractivity contribution is 5.64. The summed E-state index contributed by atoms with van der Waals surface area (Å²) in [5.74, 6) is 2.20. The summed E-state index contributed by atoms with van der Waals surface area (Å²) in [5, 5.41) is 3.87. The molecule has 2 heteroatoms. The highest BCUT2D eigenvalue weighted by Crippen LogP contribution is 2.52. The van der Waals surface area contributed by atoms with E-state index in [1.807, 2.05) is 0 Å². The van der Waals surface area contributed by atoms with Crippen molar-refractivity contribution in [3.05, 3.63) is 22.9 Å². The summed E-state index contributed by atoms with van der Waals surface area (Å²) in [4.78, 5) is 4.72. The fourth-order valence-corrected chi connectivity index (χ4v) is 4.78. The highest BCUT2D eigenvalue weighted by Gasteiger charge is 2.49. The van der Waals surface area contributed by atoms with Crippen LogP contribution >= 0.6 is 0 Å². The van der Waals surface area contributed by atoms with Crippen LogP contribution in [0.2, 0.25) is 0 Å². The lowest BCUT2D eigenvalue weighted by atomic mass is 9.62. The van der Waals surface area contributed by atoms with Crippen LogP contribution in [-0.2, 0) is 0 Å². The first-order chi connectivity index (χ1) is 9.08. The lowest BCUT2D eigenvalue weighted by Gasteiger charge is -2.43. The Morgan fingerprint density at radius 1 is 1.37 bits per heavy atom. The molecule has 102 valence electrons. The number of hydrogen-bond acceptors (Lipinski definition) is 2. The van der Waals surface area contributed by atoms with Gasteiger partial charge >= 0.3 is 0 Å². The number of fused-ring (bicyclic) bond motifs is 2. The van der Waals surface area contributed by atoms with E-state index in [-0.39, 0.29) is 0 Å². The number of nitrogens with zero attached hydrogens (tertiary/aromatic N) is 1. The molecule has 1 saturated carbocycles. The van der Waals surface area contributed by atoms with E-state index < -0.39 is 0 Å². The van der Waals surface area contributed by atoms with E-state index in [4.69, 9.17) is 4.99 Å². The third kappa shape index (κ3) is 1.52. The summed E-state index contributed by atoms with van der Waals surface area (Å²) in [6.07, 6.45) is 8.19. The van der Waals surface area contributed by atoms with Crippen LogP contribution in [0.1, 0.15) is 40.0 Å². The highest BCUT2D eigenvalue weighted by atomic mass is 15.0. The maximum Gasteiger partial charge on any atom is 0.0445 e. The summed E-state index contributed by atoms with van der Waals surface area (Å²) < 4.78 is 0. The standard InChI is InChI=1S/C17H24N2/c1-10-14-6-13-8-17(3)9-18-5-4-12(13)7-15(14)19-16(10)11(17)2/h5,7,10-11,14,16,19H,4,6,8-9H2,1-3H3/b18-5-. The van der Waals surface area contributed by atoms with E-state index in [1.54, 1.807) is 11.1 Å². The quantitative estimate of drug-likeness (QED) is 0.706. The van der Waals surface area contributed by atoms with Gasteiger partial charge in [-0.3, -0.25) is 4.99 Å². The molecule has 0 aromatic carbocycles. The second-order valence-corrected chi connectivity index (χ2v) is 7.42. The molecule has 4 aliphatic rings. The fraction of sp³-hybridized carbons (Fsp3) is 0.706. The SMILES string of the molecule is CC1C2CC3=C4C=C2NC1C(C)C(C)(C/N=C\C4)C3. The lowest BCUT2D eigenvalue weighted by Crippen LogP contribution is -2.44. The zero-order valence-electron chi connectivity index (χ0n) is 12.2. The topological polar surface area (TPSA) is 24.4 Å².